The van der Waals surface area contributed by atoms with Crippen LogP contribution in [0.2, 0.25) is 0 Å². The number of hydrogen-bond donors (Lipinski definition) is 2. The Labute approximate surface area is 164 Å². The van der Waals surface area contributed by atoms with Crippen molar-refractivity contribution in [3.63, 3.8) is 0 Å². The van der Waals surface area contributed by atoms with Crippen molar-refractivity contribution >= 4 is 11.6 Å². The molecule has 5 atom stereocenters. The van der Waals surface area contributed by atoms with Crippen LogP contribution in [0.4, 0.5) is 0 Å². The van der Waals surface area contributed by atoms with E-state index in [4.69, 9.17) is 5.11 Å². The lowest BCUT2D eigenvalue weighted by Gasteiger charge is -2.17. The van der Waals surface area contributed by atoms with Crippen molar-refractivity contribution in [2.45, 2.75) is 65.4 Å². The highest BCUT2D eigenvalue weighted by Crippen LogP contribution is 2.28. The molecular weight excluding hydrogens is 340 g/mol. The van der Waals surface area contributed by atoms with Gasteiger partial charge in [-0.05, 0) is 44.1 Å². The minimum absolute atomic E-state index is 0.0702. The van der Waals surface area contributed by atoms with Crippen LogP contribution in [0.15, 0.2) is 36.5 Å². The summed E-state index contributed by atoms with van der Waals surface area (Å²) in [6, 6.07) is 0. The lowest BCUT2D eigenvalue weighted by Crippen LogP contribution is -2.17. The zero-order valence-corrected chi connectivity index (χ0v) is 17.0. The van der Waals surface area contributed by atoms with E-state index in [2.05, 4.69) is 13.8 Å². The summed E-state index contributed by atoms with van der Waals surface area (Å²) in [6.07, 6.45) is 16.2. The van der Waals surface area contributed by atoms with E-state index in [1.165, 1.54) is 0 Å². The molecule has 0 aromatic heterocycles. The quantitative estimate of drug-likeness (QED) is 0.476. The molecule has 4 heteroatoms. The number of aliphatic hydroxyl groups excluding tert-OH is 2. The summed E-state index contributed by atoms with van der Waals surface area (Å²) in [5.41, 5.74) is 0. The van der Waals surface area contributed by atoms with Gasteiger partial charge in [-0.3, -0.25) is 9.59 Å². The first-order valence-electron chi connectivity index (χ1n) is 10.3. The number of carbonyl (C=O) groups is 2. The Morgan fingerprint density at radius 3 is 2.63 bits per heavy atom. The van der Waals surface area contributed by atoms with Gasteiger partial charge in [0, 0.05) is 17.8 Å². The topological polar surface area (TPSA) is 74.6 Å². The first kappa shape index (κ1) is 23.5. The van der Waals surface area contributed by atoms with Crippen LogP contribution in [-0.2, 0) is 9.59 Å². The monoisotopic (exact) mass is 376 g/mol. The van der Waals surface area contributed by atoms with E-state index in [0.717, 1.165) is 19.3 Å². The van der Waals surface area contributed by atoms with Gasteiger partial charge < -0.3 is 10.2 Å². The van der Waals surface area contributed by atoms with Crippen molar-refractivity contribution in [1.29, 1.82) is 0 Å². The number of ketones is 2. The van der Waals surface area contributed by atoms with E-state index in [1.54, 1.807) is 6.08 Å². The minimum atomic E-state index is -0.396. The van der Waals surface area contributed by atoms with Gasteiger partial charge in [0.2, 0.25) is 0 Å². The van der Waals surface area contributed by atoms with Gasteiger partial charge in [-0.15, -0.1) is 0 Å². The molecule has 0 amide bonds. The van der Waals surface area contributed by atoms with Gasteiger partial charge in [-0.1, -0.05) is 57.6 Å². The minimum Gasteiger partial charge on any atom is -0.393 e. The molecule has 27 heavy (non-hydrogen) atoms. The van der Waals surface area contributed by atoms with E-state index in [1.807, 2.05) is 37.3 Å². The van der Waals surface area contributed by atoms with Crippen LogP contribution in [0.25, 0.3) is 0 Å². The molecule has 1 aliphatic carbocycles. The summed E-state index contributed by atoms with van der Waals surface area (Å²) in [5.74, 6) is 0.202. The fraction of sp³-hybridized carbons (Fsp3) is 0.652. The highest BCUT2D eigenvalue weighted by atomic mass is 16.3. The second-order valence-corrected chi connectivity index (χ2v) is 7.75. The number of hydrogen-bond acceptors (Lipinski definition) is 4. The molecule has 0 heterocycles. The van der Waals surface area contributed by atoms with Crippen molar-refractivity contribution in [2.75, 3.05) is 6.61 Å². The molecule has 3 unspecified atom stereocenters. The fourth-order valence-corrected chi connectivity index (χ4v) is 3.40. The molecule has 152 valence electrons. The Kier molecular flexibility index (Phi) is 11.1. The Balaban J connectivity index is 2.43. The molecule has 0 radical (unpaired) electrons. The van der Waals surface area contributed by atoms with Gasteiger partial charge in [0.15, 0.2) is 11.6 Å². The molecule has 0 spiro atoms. The molecule has 0 bridgehead atoms. The molecule has 0 fully saturated rings. The van der Waals surface area contributed by atoms with Crippen molar-refractivity contribution in [2.24, 2.45) is 23.7 Å². The maximum atomic E-state index is 12.1. The third-order valence-electron chi connectivity index (χ3n) is 5.48. The van der Waals surface area contributed by atoms with Gasteiger partial charge in [-0.25, -0.2) is 0 Å². The normalized spacial score (nSPS) is 23.4. The molecule has 0 aliphatic heterocycles. The van der Waals surface area contributed by atoms with Crippen molar-refractivity contribution in [3.8, 4) is 0 Å². The Bertz CT molecular complexity index is 547. The largest absolute Gasteiger partial charge is 0.393 e. The molecule has 0 aromatic carbocycles. The third-order valence-corrected chi connectivity index (χ3v) is 5.48. The molecule has 1 rings (SSSR count). The SMILES string of the molecule is CCCC(C)C(O)CC=C[C@H]1C=CC(=O)[C@@H]1CC=CCCC(C)C(=O)CO. The van der Waals surface area contributed by atoms with Gasteiger partial charge in [0.05, 0.1) is 6.10 Å². The summed E-state index contributed by atoms with van der Waals surface area (Å²) in [6.45, 7) is 5.63. The summed E-state index contributed by atoms with van der Waals surface area (Å²) in [4.78, 5) is 23.4. The van der Waals surface area contributed by atoms with Gasteiger partial charge in [-0.2, -0.15) is 0 Å². The smallest absolute Gasteiger partial charge is 0.160 e. The molecule has 0 saturated heterocycles. The van der Waals surface area contributed by atoms with Crippen LogP contribution in [0.3, 0.4) is 0 Å². The predicted molar refractivity (Wildman–Crippen MR) is 109 cm³/mol. The summed E-state index contributed by atoms with van der Waals surface area (Å²) >= 11 is 0. The lowest BCUT2D eigenvalue weighted by molar-refractivity contribution is -0.125. The van der Waals surface area contributed by atoms with Crippen molar-refractivity contribution in [3.05, 3.63) is 36.5 Å². The zero-order valence-electron chi connectivity index (χ0n) is 17.0. The van der Waals surface area contributed by atoms with E-state index in [0.29, 0.717) is 25.2 Å². The first-order chi connectivity index (χ1) is 12.9. The second-order valence-electron chi connectivity index (χ2n) is 7.75. The fourth-order valence-electron chi connectivity index (χ4n) is 3.40. The van der Waals surface area contributed by atoms with Crippen LogP contribution >= 0.6 is 0 Å². The molecule has 2 N–H and O–H groups in total. The molecule has 1 aliphatic rings. The van der Waals surface area contributed by atoms with E-state index < -0.39 is 6.61 Å². The number of aliphatic hydroxyl groups is 2. The van der Waals surface area contributed by atoms with Crippen LogP contribution < -0.4 is 0 Å². The van der Waals surface area contributed by atoms with Crippen molar-refractivity contribution in [1.82, 2.24) is 0 Å². The van der Waals surface area contributed by atoms with Gasteiger partial charge in [0.25, 0.3) is 0 Å². The molecule has 4 nitrogen and oxygen atoms in total. The standard InChI is InChI=1S/C23H36O4/c1-4-9-17(2)21(25)13-8-11-19-14-15-22(26)20(19)12-7-5-6-10-18(3)23(27)16-24/h5,7-8,11,14-15,17-21,24-25H,4,6,9-10,12-13,16H2,1-3H3/t17?,18?,19-,20+,21?/m0/s1. The van der Waals surface area contributed by atoms with Crippen molar-refractivity contribution < 1.29 is 19.8 Å². The maximum Gasteiger partial charge on any atom is 0.160 e. The Morgan fingerprint density at radius 1 is 1.22 bits per heavy atom. The highest BCUT2D eigenvalue weighted by molar-refractivity contribution is 5.95. The predicted octanol–water partition coefficient (Wildman–Crippen LogP) is 4.03. The van der Waals surface area contributed by atoms with Crippen LogP contribution in [0, 0.1) is 23.7 Å². The average Bonchev–Trinajstić information content (AvgIpc) is 3.00. The Hall–Kier alpha value is -1.52. The number of rotatable bonds is 13. The van der Waals surface area contributed by atoms with Crippen LogP contribution in [0.1, 0.15) is 59.3 Å². The third kappa shape index (κ3) is 8.35. The summed E-state index contributed by atoms with van der Waals surface area (Å²) in [7, 11) is 0. The molecule has 0 saturated carbocycles. The Morgan fingerprint density at radius 2 is 1.96 bits per heavy atom. The highest BCUT2D eigenvalue weighted by Gasteiger charge is 2.27. The van der Waals surface area contributed by atoms with E-state index in [-0.39, 0.29) is 35.4 Å². The van der Waals surface area contributed by atoms with E-state index in [9.17, 15) is 14.7 Å². The van der Waals surface area contributed by atoms with Crippen LogP contribution in [0.5, 0.6) is 0 Å². The second kappa shape index (κ2) is 12.8. The van der Waals surface area contributed by atoms with Gasteiger partial charge in [0.1, 0.15) is 6.61 Å². The average molecular weight is 377 g/mol. The molecular formula is C23H36O4. The first-order valence-corrected chi connectivity index (χ1v) is 10.3. The lowest BCUT2D eigenvalue weighted by atomic mass is 9.90. The zero-order chi connectivity index (χ0) is 20.2. The molecule has 0 aromatic rings. The summed E-state index contributed by atoms with van der Waals surface area (Å²) < 4.78 is 0. The number of carbonyl (C=O) groups excluding carboxylic acids is 2. The number of Topliss-reactive ketones (excluding diaryl/α,β-unsaturated/α-hetero) is 1. The summed E-state index contributed by atoms with van der Waals surface area (Å²) in [5, 5.41) is 19.0. The number of allylic oxidation sites excluding steroid dienone is 5. The maximum absolute atomic E-state index is 12.1. The van der Waals surface area contributed by atoms with E-state index >= 15 is 0 Å². The van der Waals surface area contributed by atoms with Crippen LogP contribution in [-0.4, -0.2) is 34.5 Å². The van der Waals surface area contributed by atoms with Gasteiger partial charge >= 0.3 is 0 Å².